The molecule has 1 saturated heterocycles. The Kier molecular flexibility index (Phi) is 3.73. The molecule has 0 saturated carbocycles. The molecule has 0 aliphatic carbocycles. The predicted molar refractivity (Wildman–Crippen MR) is 77.4 cm³/mol. The van der Waals surface area contributed by atoms with E-state index in [1.54, 1.807) is 6.07 Å². The molecule has 4 N–H and O–H groups in total. The van der Waals surface area contributed by atoms with Crippen molar-refractivity contribution in [2.45, 2.75) is 37.6 Å². The van der Waals surface area contributed by atoms with Crippen LogP contribution in [-0.2, 0) is 10.0 Å². The summed E-state index contributed by atoms with van der Waals surface area (Å²) in [5.41, 5.74) is 7.36. The van der Waals surface area contributed by atoms with Crippen LogP contribution in [0.25, 0.3) is 0 Å². The van der Waals surface area contributed by atoms with Crippen LogP contribution in [0.15, 0.2) is 23.1 Å². The van der Waals surface area contributed by atoms with Gasteiger partial charge in [0.05, 0.1) is 16.3 Å². The van der Waals surface area contributed by atoms with Crippen LogP contribution in [-0.4, -0.2) is 21.0 Å². The molecule has 1 fully saturated rings. The lowest BCUT2D eigenvalue weighted by molar-refractivity contribution is 0.364. The second-order valence-electron chi connectivity index (χ2n) is 5.32. The smallest absolute Gasteiger partial charge is 0.238 e. The molecule has 2 rings (SSSR count). The number of rotatable bonds is 2. The summed E-state index contributed by atoms with van der Waals surface area (Å²) in [7, 11) is -3.70. The fourth-order valence-corrected chi connectivity index (χ4v) is 3.20. The molecule has 5 nitrogen and oxygen atoms in total. The Morgan fingerprint density at radius 2 is 2.00 bits per heavy atom. The van der Waals surface area contributed by atoms with E-state index in [-0.39, 0.29) is 4.90 Å². The first-order valence-electron chi connectivity index (χ1n) is 6.49. The average Bonchev–Trinajstić information content (AvgIpc) is 2.32. The molecule has 6 heteroatoms. The lowest BCUT2D eigenvalue weighted by atomic mass is 9.91. The van der Waals surface area contributed by atoms with Gasteiger partial charge in [-0.1, -0.05) is 6.92 Å². The maximum atomic E-state index is 11.3. The molecule has 2 atom stereocenters. The van der Waals surface area contributed by atoms with Gasteiger partial charge in [0, 0.05) is 12.6 Å². The predicted octanol–water partition coefficient (Wildman–Crippen LogP) is 1.54. The standard InChI is InChI=1S/C13H21N3O2S/c1-9-4-3-7-16(10(9)2)13-6-5-11(8-12(13)14)19(15,17)18/h5-6,8-10H,3-4,7,14H2,1-2H3,(H2,15,17,18). The highest BCUT2D eigenvalue weighted by atomic mass is 32.2. The van der Waals surface area contributed by atoms with E-state index in [1.165, 1.54) is 18.6 Å². The molecule has 0 bridgehead atoms. The first kappa shape index (κ1) is 14.1. The maximum absolute atomic E-state index is 11.3. The van der Waals surface area contributed by atoms with Crippen molar-refractivity contribution in [1.29, 1.82) is 0 Å². The molecule has 2 unspecified atom stereocenters. The highest BCUT2D eigenvalue weighted by molar-refractivity contribution is 7.89. The van der Waals surface area contributed by atoms with Crippen molar-refractivity contribution in [2.24, 2.45) is 11.1 Å². The van der Waals surface area contributed by atoms with E-state index in [4.69, 9.17) is 10.9 Å². The first-order valence-corrected chi connectivity index (χ1v) is 8.04. The van der Waals surface area contributed by atoms with Crippen molar-refractivity contribution in [3.05, 3.63) is 18.2 Å². The number of hydrogen-bond donors (Lipinski definition) is 2. The Morgan fingerprint density at radius 3 is 2.58 bits per heavy atom. The van der Waals surface area contributed by atoms with Gasteiger partial charge in [0.15, 0.2) is 0 Å². The van der Waals surface area contributed by atoms with Crippen molar-refractivity contribution in [3.63, 3.8) is 0 Å². The number of hydrogen-bond acceptors (Lipinski definition) is 4. The zero-order chi connectivity index (χ0) is 14.2. The van der Waals surface area contributed by atoms with Gasteiger partial charge in [-0.3, -0.25) is 0 Å². The summed E-state index contributed by atoms with van der Waals surface area (Å²) in [5.74, 6) is 0.603. The number of anilines is 2. The fraction of sp³-hybridized carbons (Fsp3) is 0.538. The van der Waals surface area contributed by atoms with E-state index in [2.05, 4.69) is 18.7 Å². The van der Waals surface area contributed by atoms with Gasteiger partial charge in [-0.05, 0) is 43.9 Å². The Bertz CT molecular complexity index is 571. The minimum Gasteiger partial charge on any atom is -0.397 e. The van der Waals surface area contributed by atoms with Crippen LogP contribution in [0.4, 0.5) is 11.4 Å². The second kappa shape index (κ2) is 5.02. The van der Waals surface area contributed by atoms with Crippen LogP contribution in [0.2, 0.25) is 0 Å². The fourth-order valence-electron chi connectivity index (χ4n) is 2.65. The molecule has 0 amide bonds. The van der Waals surface area contributed by atoms with Gasteiger partial charge < -0.3 is 10.6 Å². The summed E-state index contributed by atoms with van der Waals surface area (Å²) < 4.78 is 22.6. The number of benzene rings is 1. The van der Waals surface area contributed by atoms with Crippen molar-refractivity contribution < 1.29 is 8.42 Å². The monoisotopic (exact) mass is 283 g/mol. The number of sulfonamides is 1. The number of nitrogens with two attached hydrogens (primary N) is 2. The lowest BCUT2D eigenvalue weighted by Crippen LogP contribution is -2.42. The molecule has 106 valence electrons. The third kappa shape index (κ3) is 2.84. The maximum Gasteiger partial charge on any atom is 0.238 e. The minimum atomic E-state index is -3.70. The average molecular weight is 283 g/mol. The number of nitrogens with zero attached hydrogens (tertiary/aromatic N) is 1. The van der Waals surface area contributed by atoms with E-state index in [1.807, 2.05) is 0 Å². The zero-order valence-electron chi connectivity index (χ0n) is 11.3. The molecule has 1 aliphatic heterocycles. The van der Waals surface area contributed by atoms with Gasteiger partial charge in [0.2, 0.25) is 10.0 Å². The van der Waals surface area contributed by atoms with Crippen LogP contribution in [0.5, 0.6) is 0 Å². The molecule has 0 aromatic heterocycles. The molecule has 0 spiro atoms. The number of nitrogen functional groups attached to an aromatic ring is 1. The van der Waals surface area contributed by atoms with Crippen molar-refractivity contribution in [2.75, 3.05) is 17.2 Å². The molecular weight excluding hydrogens is 262 g/mol. The molecule has 0 radical (unpaired) electrons. The van der Waals surface area contributed by atoms with Crippen LogP contribution in [0.3, 0.4) is 0 Å². The van der Waals surface area contributed by atoms with Gasteiger partial charge in [-0.15, -0.1) is 0 Å². The Morgan fingerprint density at radius 1 is 1.32 bits per heavy atom. The normalized spacial score (nSPS) is 24.5. The van der Waals surface area contributed by atoms with Gasteiger partial charge in [-0.25, -0.2) is 13.6 Å². The van der Waals surface area contributed by atoms with E-state index in [0.29, 0.717) is 17.6 Å². The molecule has 19 heavy (non-hydrogen) atoms. The van der Waals surface area contributed by atoms with Crippen molar-refractivity contribution in [1.82, 2.24) is 0 Å². The van der Waals surface area contributed by atoms with Crippen LogP contribution < -0.4 is 15.8 Å². The van der Waals surface area contributed by atoms with Crippen LogP contribution in [0.1, 0.15) is 26.7 Å². The first-order chi connectivity index (χ1) is 8.80. The lowest BCUT2D eigenvalue weighted by Gasteiger charge is -2.40. The van der Waals surface area contributed by atoms with Crippen molar-refractivity contribution in [3.8, 4) is 0 Å². The van der Waals surface area contributed by atoms with E-state index in [9.17, 15) is 8.42 Å². The summed E-state index contributed by atoms with van der Waals surface area (Å²) >= 11 is 0. The quantitative estimate of drug-likeness (QED) is 0.806. The van der Waals surface area contributed by atoms with E-state index >= 15 is 0 Å². The Hall–Kier alpha value is -1.27. The molecule has 1 aromatic carbocycles. The second-order valence-corrected chi connectivity index (χ2v) is 6.88. The summed E-state index contributed by atoms with van der Waals surface area (Å²) in [6.07, 6.45) is 2.34. The molecular formula is C13H21N3O2S. The summed E-state index contributed by atoms with van der Waals surface area (Å²) in [6.45, 7) is 5.35. The SMILES string of the molecule is CC1CCCN(c2ccc(S(N)(=O)=O)cc2N)C1C. The topological polar surface area (TPSA) is 89.4 Å². The van der Waals surface area contributed by atoms with Crippen molar-refractivity contribution >= 4 is 21.4 Å². The summed E-state index contributed by atoms with van der Waals surface area (Å²) in [6, 6.07) is 5.11. The minimum absolute atomic E-state index is 0.0615. The zero-order valence-corrected chi connectivity index (χ0v) is 12.2. The third-order valence-corrected chi connectivity index (χ3v) is 4.92. The molecule has 1 heterocycles. The van der Waals surface area contributed by atoms with E-state index in [0.717, 1.165) is 18.7 Å². The third-order valence-electron chi connectivity index (χ3n) is 4.01. The van der Waals surface area contributed by atoms with Gasteiger partial charge in [0.1, 0.15) is 0 Å². The van der Waals surface area contributed by atoms with E-state index < -0.39 is 10.0 Å². The van der Waals surface area contributed by atoms with Crippen LogP contribution >= 0.6 is 0 Å². The largest absolute Gasteiger partial charge is 0.397 e. The van der Waals surface area contributed by atoms with Gasteiger partial charge >= 0.3 is 0 Å². The molecule has 1 aliphatic rings. The summed E-state index contributed by atoms with van der Waals surface area (Å²) in [4.78, 5) is 2.31. The highest BCUT2D eigenvalue weighted by Gasteiger charge is 2.26. The number of primary sulfonamides is 1. The van der Waals surface area contributed by atoms with Gasteiger partial charge in [-0.2, -0.15) is 0 Å². The highest BCUT2D eigenvalue weighted by Crippen LogP contribution is 2.33. The molecule has 1 aromatic rings. The van der Waals surface area contributed by atoms with Gasteiger partial charge in [0.25, 0.3) is 0 Å². The number of piperidine rings is 1. The summed E-state index contributed by atoms with van der Waals surface area (Å²) in [5, 5.41) is 5.11. The Balaban J connectivity index is 2.36. The Labute approximate surface area is 114 Å². The van der Waals surface area contributed by atoms with Crippen LogP contribution in [0, 0.1) is 5.92 Å².